The fourth-order valence-electron chi connectivity index (χ4n) is 2.52. The third kappa shape index (κ3) is 2.86. The first-order valence-corrected chi connectivity index (χ1v) is 6.42. The number of piperidine rings is 1. The van der Waals surface area contributed by atoms with E-state index in [1.54, 1.807) is 19.2 Å². The summed E-state index contributed by atoms with van der Waals surface area (Å²) in [5.41, 5.74) is 1.06. The first kappa shape index (κ1) is 13.4. The van der Waals surface area contributed by atoms with Gasteiger partial charge in [0.2, 0.25) is 5.91 Å². The van der Waals surface area contributed by atoms with Gasteiger partial charge in [-0.1, -0.05) is 12.1 Å². The van der Waals surface area contributed by atoms with Gasteiger partial charge in [0.05, 0.1) is 11.3 Å². The molecule has 1 amide bonds. The molecule has 2 N–H and O–H groups in total. The largest absolute Gasteiger partial charge is 0.478 e. The van der Waals surface area contributed by atoms with Crippen molar-refractivity contribution < 1.29 is 14.7 Å². The first-order valence-electron chi connectivity index (χ1n) is 6.42. The SMILES string of the molecule is CNC(=O)C1CCN(c2ccccc2C(=O)O)CC1. The van der Waals surface area contributed by atoms with Crippen LogP contribution in [-0.2, 0) is 4.79 Å². The Morgan fingerprint density at radius 1 is 1.26 bits per heavy atom. The molecule has 102 valence electrons. The molecule has 1 aliphatic heterocycles. The van der Waals surface area contributed by atoms with Crippen molar-refractivity contribution in [1.29, 1.82) is 0 Å². The molecule has 0 saturated carbocycles. The van der Waals surface area contributed by atoms with Crippen molar-refractivity contribution in [1.82, 2.24) is 5.32 Å². The number of nitrogens with zero attached hydrogens (tertiary/aromatic N) is 1. The van der Waals surface area contributed by atoms with E-state index in [-0.39, 0.29) is 11.8 Å². The average Bonchev–Trinajstić information content (AvgIpc) is 2.46. The van der Waals surface area contributed by atoms with Gasteiger partial charge in [-0.3, -0.25) is 4.79 Å². The zero-order valence-corrected chi connectivity index (χ0v) is 10.9. The van der Waals surface area contributed by atoms with Gasteiger partial charge in [-0.2, -0.15) is 0 Å². The monoisotopic (exact) mass is 262 g/mol. The van der Waals surface area contributed by atoms with Crippen LogP contribution in [0.1, 0.15) is 23.2 Å². The number of anilines is 1. The number of hydrogen-bond acceptors (Lipinski definition) is 3. The number of aromatic carboxylic acids is 1. The topological polar surface area (TPSA) is 69.6 Å². The summed E-state index contributed by atoms with van der Waals surface area (Å²) >= 11 is 0. The average molecular weight is 262 g/mol. The molecule has 1 saturated heterocycles. The summed E-state index contributed by atoms with van der Waals surface area (Å²) < 4.78 is 0. The third-order valence-corrected chi connectivity index (χ3v) is 3.59. The van der Waals surface area contributed by atoms with Gasteiger partial charge < -0.3 is 15.3 Å². The highest BCUT2D eigenvalue weighted by atomic mass is 16.4. The molecule has 0 unspecified atom stereocenters. The first-order chi connectivity index (χ1) is 9.13. The van der Waals surface area contributed by atoms with Crippen LogP contribution in [0.3, 0.4) is 0 Å². The number of carboxylic acid groups (broad SMARTS) is 1. The van der Waals surface area contributed by atoms with Crippen molar-refractivity contribution in [2.24, 2.45) is 5.92 Å². The van der Waals surface area contributed by atoms with Crippen LogP contribution in [0.5, 0.6) is 0 Å². The van der Waals surface area contributed by atoms with Crippen LogP contribution in [0, 0.1) is 5.92 Å². The van der Waals surface area contributed by atoms with E-state index < -0.39 is 5.97 Å². The number of para-hydroxylation sites is 1. The van der Waals surface area contributed by atoms with Crippen molar-refractivity contribution in [3.63, 3.8) is 0 Å². The van der Waals surface area contributed by atoms with Crippen molar-refractivity contribution >= 4 is 17.6 Å². The van der Waals surface area contributed by atoms with E-state index in [2.05, 4.69) is 5.32 Å². The highest BCUT2D eigenvalue weighted by molar-refractivity contribution is 5.94. The predicted octanol–water partition coefficient (Wildman–Crippen LogP) is 1.35. The summed E-state index contributed by atoms with van der Waals surface area (Å²) in [6, 6.07) is 7.00. The molecule has 0 radical (unpaired) electrons. The lowest BCUT2D eigenvalue weighted by Crippen LogP contribution is -2.40. The van der Waals surface area contributed by atoms with Crippen LogP contribution < -0.4 is 10.2 Å². The number of nitrogens with one attached hydrogen (secondary N) is 1. The molecule has 0 spiro atoms. The Balaban J connectivity index is 2.10. The maximum absolute atomic E-state index is 11.6. The second kappa shape index (κ2) is 5.73. The fraction of sp³-hybridized carbons (Fsp3) is 0.429. The second-order valence-electron chi connectivity index (χ2n) is 4.70. The van der Waals surface area contributed by atoms with E-state index in [9.17, 15) is 14.7 Å². The van der Waals surface area contributed by atoms with Gasteiger partial charge in [0.1, 0.15) is 0 Å². The number of benzene rings is 1. The molecule has 0 aromatic heterocycles. The highest BCUT2D eigenvalue weighted by Crippen LogP contribution is 2.26. The minimum atomic E-state index is -0.913. The smallest absolute Gasteiger partial charge is 0.337 e. The Labute approximate surface area is 112 Å². The number of carboxylic acids is 1. The highest BCUT2D eigenvalue weighted by Gasteiger charge is 2.26. The van der Waals surface area contributed by atoms with Crippen LogP contribution in [0.4, 0.5) is 5.69 Å². The lowest BCUT2D eigenvalue weighted by atomic mass is 9.95. The summed E-state index contributed by atoms with van der Waals surface area (Å²) in [5.74, 6) is -0.798. The number of carbonyl (C=O) groups is 2. The van der Waals surface area contributed by atoms with Crippen LogP contribution in [0.2, 0.25) is 0 Å². The maximum atomic E-state index is 11.6. The summed E-state index contributed by atoms with van der Waals surface area (Å²) in [7, 11) is 1.65. The second-order valence-corrected chi connectivity index (χ2v) is 4.70. The Morgan fingerprint density at radius 3 is 2.47 bits per heavy atom. The number of amides is 1. The van der Waals surface area contributed by atoms with Gasteiger partial charge in [0.15, 0.2) is 0 Å². The zero-order valence-electron chi connectivity index (χ0n) is 10.9. The third-order valence-electron chi connectivity index (χ3n) is 3.59. The van der Waals surface area contributed by atoms with Crippen LogP contribution in [0.15, 0.2) is 24.3 Å². The summed E-state index contributed by atoms with van der Waals surface area (Å²) in [6.45, 7) is 1.42. The minimum Gasteiger partial charge on any atom is -0.478 e. The van der Waals surface area contributed by atoms with Crippen molar-refractivity contribution in [2.75, 3.05) is 25.0 Å². The fourth-order valence-corrected chi connectivity index (χ4v) is 2.52. The van der Waals surface area contributed by atoms with E-state index in [0.717, 1.165) is 18.5 Å². The van der Waals surface area contributed by atoms with Gasteiger partial charge >= 0.3 is 5.97 Å². The van der Waals surface area contributed by atoms with Crippen molar-refractivity contribution in [3.8, 4) is 0 Å². The van der Waals surface area contributed by atoms with Gasteiger partial charge in [0.25, 0.3) is 0 Å². The van der Waals surface area contributed by atoms with E-state index >= 15 is 0 Å². The quantitative estimate of drug-likeness (QED) is 0.862. The Hall–Kier alpha value is -2.04. The Bertz CT molecular complexity index is 479. The number of rotatable bonds is 3. The summed E-state index contributed by atoms with van der Waals surface area (Å²) in [4.78, 5) is 24.8. The lowest BCUT2D eigenvalue weighted by Gasteiger charge is -2.33. The Kier molecular flexibility index (Phi) is 4.04. The molecule has 0 aliphatic carbocycles. The normalized spacial score (nSPS) is 16.2. The van der Waals surface area contributed by atoms with Crippen LogP contribution >= 0.6 is 0 Å². The van der Waals surface area contributed by atoms with Gasteiger partial charge in [-0.15, -0.1) is 0 Å². The molecule has 5 heteroatoms. The lowest BCUT2D eigenvalue weighted by molar-refractivity contribution is -0.125. The molecule has 1 aromatic carbocycles. The molecule has 1 heterocycles. The van der Waals surface area contributed by atoms with Crippen LogP contribution in [-0.4, -0.2) is 37.1 Å². The summed E-state index contributed by atoms with van der Waals surface area (Å²) in [6.07, 6.45) is 1.52. The molecule has 19 heavy (non-hydrogen) atoms. The predicted molar refractivity (Wildman–Crippen MR) is 72.4 cm³/mol. The molecule has 0 bridgehead atoms. The maximum Gasteiger partial charge on any atom is 0.337 e. The van der Waals surface area contributed by atoms with E-state index in [1.807, 2.05) is 17.0 Å². The van der Waals surface area contributed by atoms with E-state index in [0.29, 0.717) is 18.7 Å². The molecule has 1 fully saturated rings. The molecule has 1 aromatic rings. The zero-order chi connectivity index (χ0) is 13.8. The number of carbonyl (C=O) groups excluding carboxylic acids is 1. The molecule has 1 aliphatic rings. The molecule has 5 nitrogen and oxygen atoms in total. The molecule has 2 rings (SSSR count). The van der Waals surface area contributed by atoms with Gasteiger partial charge in [-0.25, -0.2) is 4.79 Å². The molecule has 0 atom stereocenters. The summed E-state index contributed by atoms with van der Waals surface area (Å²) in [5, 5.41) is 11.9. The van der Waals surface area contributed by atoms with Crippen molar-refractivity contribution in [2.45, 2.75) is 12.8 Å². The van der Waals surface area contributed by atoms with E-state index in [1.165, 1.54) is 0 Å². The van der Waals surface area contributed by atoms with Crippen LogP contribution in [0.25, 0.3) is 0 Å². The van der Waals surface area contributed by atoms with Gasteiger partial charge in [0, 0.05) is 26.1 Å². The number of hydrogen-bond donors (Lipinski definition) is 2. The molecular formula is C14H18N2O3. The van der Waals surface area contributed by atoms with E-state index in [4.69, 9.17) is 0 Å². The van der Waals surface area contributed by atoms with Crippen molar-refractivity contribution in [3.05, 3.63) is 29.8 Å². The Morgan fingerprint density at radius 2 is 1.89 bits per heavy atom. The standard InChI is InChI=1S/C14H18N2O3/c1-15-13(17)10-6-8-16(9-7-10)12-5-3-2-4-11(12)14(18)19/h2-5,10H,6-9H2,1H3,(H,15,17)(H,18,19). The van der Waals surface area contributed by atoms with Gasteiger partial charge in [-0.05, 0) is 25.0 Å². The minimum absolute atomic E-state index is 0.0400. The molecular weight excluding hydrogens is 244 g/mol.